The minimum atomic E-state index is 0.499. The van der Waals surface area contributed by atoms with Crippen LogP contribution in [-0.4, -0.2) is 36.7 Å². The maximum absolute atomic E-state index is 8.64. The fourth-order valence-electron chi connectivity index (χ4n) is 1.58. The highest BCUT2D eigenvalue weighted by molar-refractivity contribution is 5.41. The van der Waals surface area contributed by atoms with Crippen LogP contribution < -0.4 is 11.3 Å². The van der Waals surface area contributed by atoms with Crippen LogP contribution in [0.15, 0.2) is 18.3 Å². The summed E-state index contributed by atoms with van der Waals surface area (Å²) in [4.78, 5) is 6.42. The third-order valence-electron chi connectivity index (χ3n) is 2.52. The molecule has 0 amide bonds. The van der Waals surface area contributed by atoms with Crippen molar-refractivity contribution in [1.82, 2.24) is 9.88 Å². The van der Waals surface area contributed by atoms with Gasteiger partial charge in [0.05, 0.1) is 24.1 Å². The summed E-state index contributed by atoms with van der Waals surface area (Å²) in [6.45, 7) is 2.81. The maximum atomic E-state index is 8.64. The number of nitrogens with one attached hydrogen (secondary N) is 1. The molecule has 18 heavy (non-hydrogen) atoms. The van der Waals surface area contributed by atoms with E-state index in [1.165, 1.54) is 0 Å². The number of pyridine rings is 1. The molecule has 0 aromatic carbocycles. The summed E-state index contributed by atoms with van der Waals surface area (Å²) in [5.74, 6) is 5.36. The highest BCUT2D eigenvalue weighted by Gasteiger charge is 2.07. The van der Waals surface area contributed by atoms with E-state index >= 15 is 0 Å². The Bertz CT molecular complexity index is 390. The lowest BCUT2D eigenvalue weighted by atomic mass is 10.3. The molecule has 1 heterocycles. The van der Waals surface area contributed by atoms with E-state index in [9.17, 15) is 0 Å². The fourth-order valence-corrected chi connectivity index (χ4v) is 1.58. The van der Waals surface area contributed by atoms with Gasteiger partial charge >= 0.3 is 0 Å². The third-order valence-corrected chi connectivity index (χ3v) is 2.52. The molecule has 0 unspecified atom stereocenters. The second-order valence-corrected chi connectivity index (χ2v) is 3.86. The van der Waals surface area contributed by atoms with Gasteiger partial charge in [-0.25, -0.2) is 0 Å². The van der Waals surface area contributed by atoms with Crippen molar-refractivity contribution in [1.29, 1.82) is 5.26 Å². The largest absolute Gasteiger partial charge is 0.383 e. The number of aromatic nitrogens is 1. The molecular weight excluding hydrogens is 230 g/mol. The molecule has 0 saturated carbocycles. The predicted octanol–water partition coefficient (Wildman–Crippen LogP) is 0.729. The van der Waals surface area contributed by atoms with Crippen molar-refractivity contribution in [2.24, 2.45) is 5.84 Å². The van der Waals surface area contributed by atoms with E-state index in [0.717, 1.165) is 17.9 Å². The number of hydrogen-bond acceptors (Lipinski definition) is 6. The zero-order valence-corrected chi connectivity index (χ0v) is 10.6. The average Bonchev–Trinajstić information content (AvgIpc) is 2.42. The number of ether oxygens (including phenoxy) is 1. The zero-order chi connectivity index (χ0) is 13.2. The van der Waals surface area contributed by atoms with Crippen LogP contribution in [0.3, 0.4) is 0 Å². The van der Waals surface area contributed by atoms with Crippen LogP contribution in [0.5, 0.6) is 0 Å². The van der Waals surface area contributed by atoms with Crippen molar-refractivity contribution in [3.05, 3.63) is 24.0 Å². The Morgan fingerprint density at radius 2 is 2.39 bits per heavy atom. The summed E-state index contributed by atoms with van der Waals surface area (Å²) in [7, 11) is 1.67. The van der Waals surface area contributed by atoms with Gasteiger partial charge in [0.2, 0.25) is 0 Å². The molecule has 6 heteroatoms. The number of nitrogens with two attached hydrogens (primary N) is 1. The van der Waals surface area contributed by atoms with E-state index in [1.54, 1.807) is 19.4 Å². The molecule has 6 nitrogen and oxygen atoms in total. The Morgan fingerprint density at radius 1 is 1.56 bits per heavy atom. The lowest BCUT2D eigenvalue weighted by Gasteiger charge is -2.20. The quantitative estimate of drug-likeness (QED) is 0.521. The Hall–Kier alpha value is -1.68. The molecule has 0 spiro atoms. The monoisotopic (exact) mass is 249 g/mol. The maximum Gasteiger partial charge on any atom is 0.0635 e. The van der Waals surface area contributed by atoms with E-state index in [0.29, 0.717) is 26.1 Å². The van der Waals surface area contributed by atoms with Crippen LogP contribution in [0.2, 0.25) is 0 Å². The van der Waals surface area contributed by atoms with Crippen molar-refractivity contribution in [3.63, 3.8) is 0 Å². The van der Waals surface area contributed by atoms with Crippen molar-refractivity contribution < 1.29 is 4.74 Å². The smallest absolute Gasteiger partial charge is 0.0635 e. The number of rotatable bonds is 8. The number of nitrogens with zero attached hydrogens (tertiary/aromatic N) is 3. The molecule has 0 saturated heterocycles. The summed E-state index contributed by atoms with van der Waals surface area (Å²) in [6, 6.07) is 5.85. The van der Waals surface area contributed by atoms with Gasteiger partial charge < -0.3 is 10.2 Å². The van der Waals surface area contributed by atoms with Crippen molar-refractivity contribution in [3.8, 4) is 6.07 Å². The van der Waals surface area contributed by atoms with Gasteiger partial charge in [0.15, 0.2) is 0 Å². The lowest BCUT2D eigenvalue weighted by molar-refractivity contribution is 0.144. The molecule has 1 rings (SSSR count). The normalized spacial score (nSPS) is 10.3. The molecule has 3 N–H and O–H groups in total. The minimum absolute atomic E-state index is 0.499. The van der Waals surface area contributed by atoms with E-state index in [1.807, 2.05) is 6.07 Å². The Morgan fingerprint density at radius 3 is 3.06 bits per heavy atom. The standard InChI is InChI=1S/C12H19N5O/c1-18-8-7-17(6-2-4-13)10-12-9-11(16-14)3-5-15-12/h3,5,9H,2,6-8,10,14H2,1H3,(H,15,16). The fraction of sp³-hybridized carbons (Fsp3) is 0.500. The number of methoxy groups -OCH3 is 1. The van der Waals surface area contributed by atoms with Crippen molar-refractivity contribution in [2.75, 3.05) is 32.2 Å². The van der Waals surface area contributed by atoms with Crippen LogP contribution in [0.1, 0.15) is 12.1 Å². The number of hydrogen-bond donors (Lipinski definition) is 2. The van der Waals surface area contributed by atoms with Crippen LogP contribution in [-0.2, 0) is 11.3 Å². The number of nitrogen functional groups attached to an aromatic ring is 1. The molecule has 0 bridgehead atoms. The number of nitriles is 1. The van der Waals surface area contributed by atoms with Crippen LogP contribution in [0.25, 0.3) is 0 Å². The summed E-state index contributed by atoms with van der Waals surface area (Å²) in [6.07, 6.45) is 2.21. The summed E-state index contributed by atoms with van der Waals surface area (Å²) in [5.41, 5.74) is 4.33. The summed E-state index contributed by atoms with van der Waals surface area (Å²) < 4.78 is 5.06. The number of hydrazine groups is 1. The summed E-state index contributed by atoms with van der Waals surface area (Å²) >= 11 is 0. The molecule has 0 aliphatic rings. The highest BCUT2D eigenvalue weighted by atomic mass is 16.5. The highest BCUT2D eigenvalue weighted by Crippen LogP contribution is 2.08. The van der Waals surface area contributed by atoms with E-state index in [-0.39, 0.29) is 0 Å². The van der Waals surface area contributed by atoms with Gasteiger partial charge in [-0.3, -0.25) is 15.7 Å². The Kier molecular flexibility index (Phi) is 6.72. The molecular formula is C12H19N5O. The van der Waals surface area contributed by atoms with Crippen LogP contribution >= 0.6 is 0 Å². The molecule has 0 aliphatic heterocycles. The molecule has 1 aromatic rings. The van der Waals surface area contributed by atoms with Gasteiger partial charge in [-0.15, -0.1) is 0 Å². The molecule has 1 aromatic heterocycles. The van der Waals surface area contributed by atoms with Gasteiger partial charge in [0.25, 0.3) is 0 Å². The Balaban J connectivity index is 2.59. The average molecular weight is 249 g/mol. The summed E-state index contributed by atoms with van der Waals surface area (Å²) in [5, 5.41) is 8.64. The van der Waals surface area contributed by atoms with Gasteiger partial charge in [0, 0.05) is 39.4 Å². The van der Waals surface area contributed by atoms with Crippen LogP contribution in [0, 0.1) is 11.3 Å². The van der Waals surface area contributed by atoms with Crippen LogP contribution in [0.4, 0.5) is 5.69 Å². The van der Waals surface area contributed by atoms with Gasteiger partial charge in [-0.1, -0.05) is 0 Å². The van der Waals surface area contributed by atoms with Gasteiger partial charge in [-0.05, 0) is 12.1 Å². The molecule has 0 atom stereocenters. The molecule has 0 aliphatic carbocycles. The minimum Gasteiger partial charge on any atom is -0.383 e. The Labute approximate surface area is 107 Å². The lowest BCUT2D eigenvalue weighted by Crippen LogP contribution is -2.28. The first-order chi connectivity index (χ1) is 8.80. The molecule has 98 valence electrons. The second-order valence-electron chi connectivity index (χ2n) is 3.86. The van der Waals surface area contributed by atoms with E-state index in [2.05, 4.69) is 21.4 Å². The van der Waals surface area contributed by atoms with E-state index < -0.39 is 0 Å². The van der Waals surface area contributed by atoms with Crippen molar-refractivity contribution in [2.45, 2.75) is 13.0 Å². The first-order valence-electron chi connectivity index (χ1n) is 5.80. The number of anilines is 1. The second kappa shape index (κ2) is 8.42. The molecule has 0 radical (unpaired) electrons. The van der Waals surface area contributed by atoms with Gasteiger partial charge in [-0.2, -0.15) is 5.26 Å². The predicted molar refractivity (Wildman–Crippen MR) is 69.4 cm³/mol. The first kappa shape index (κ1) is 14.4. The van der Waals surface area contributed by atoms with E-state index in [4.69, 9.17) is 15.8 Å². The van der Waals surface area contributed by atoms with Crippen molar-refractivity contribution >= 4 is 5.69 Å². The SMILES string of the molecule is COCCN(CCC#N)Cc1cc(NN)ccn1. The topological polar surface area (TPSA) is 87.2 Å². The molecule has 0 fully saturated rings. The van der Waals surface area contributed by atoms with Gasteiger partial charge in [0.1, 0.15) is 0 Å². The zero-order valence-electron chi connectivity index (χ0n) is 10.6. The third kappa shape index (κ3) is 5.10. The first-order valence-corrected chi connectivity index (χ1v) is 5.80.